The monoisotopic (exact) mass is 709 g/mol. The van der Waals surface area contributed by atoms with E-state index in [-0.39, 0.29) is 23.4 Å². The van der Waals surface area contributed by atoms with Gasteiger partial charge in [-0.3, -0.25) is 4.90 Å². The van der Waals surface area contributed by atoms with Crippen LogP contribution >= 0.6 is 0 Å². The van der Waals surface area contributed by atoms with E-state index in [0.29, 0.717) is 30.3 Å². The number of rotatable bonds is 9. The van der Waals surface area contributed by atoms with Crippen LogP contribution in [0.5, 0.6) is 5.75 Å². The van der Waals surface area contributed by atoms with Crippen LogP contribution < -0.4 is 29.1 Å². The molecule has 0 spiro atoms. The second kappa shape index (κ2) is 15.0. The molecule has 47 heavy (non-hydrogen) atoms. The number of halogens is 3. The maximum absolute atomic E-state index is 14.1. The molecule has 10 nitrogen and oxygen atoms in total. The topological polar surface area (TPSA) is 103 Å². The van der Waals surface area contributed by atoms with Crippen molar-refractivity contribution in [2.24, 2.45) is 0 Å². The van der Waals surface area contributed by atoms with Crippen LogP contribution in [-0.2, 0) is 12.7 Å². The van der Waals surface area contributed by atoms with Crippen molar-refractivity contribution in [1.29, 1.82) is 0 Å². The van der Waals surface area contributed by atoms with Crippen molar-refractivity contribution in [2.75, 3.05) is 62.9 Å². The van der Waals surface area contributed by atoms with Crippen molar-refractivity contribution in [3.8, 4) is 5.75 Å². The van der Waals surface area contributed by atoms with Gasteiger partial charge in [-0.1, -0.05) is 6.07 Å². The Morgan fingerprint density at radius 1 is 0.936 bits per heavy atom. The molecular weight excluding hydrogens is 674 g/mol. The van der Waals surface area contributed by atoms with Crippen molar-refractivity contribution < 1.29 is 27.5 Å². The van der Waals surface area contributed by atoms with Gasteiger partial charge in [0.25, 0.3) is 0 Å². The van der Waals surface area contributed by atoms with Gasteiger partial charge in [-0.15, -0.1) is 0 Å². The van der Waals surface area contributed by atoms with Crippen molar-refractivity contribution in [2.45, 2.75) is 12.7 Å². The van der Waals surface area contributed by atoms with E-state index >= 15 is 0 Å². The van der Waals surface area contributed by atoms with Crippen LogP contribution in [0.25, 0.3) is 0 Å². The van der Waals surface area contributed by atoms with Crippen molar-refractivity contribution in [3.63, 3.8) is 0 Å². The predicted octanol–water partition coefficient (Wildman–Crippen LogP) is 3.56. The number of hydrogen-bond donors (Lipinski definition) is 2. The quantitative estimate of drug-likeness (QED) is 0.257. The number of piperazine rings is 1. The number of anilines is 3. The average molecular weight is 710 g/mol. The van der Waals surface area contributed by atoms with Crippen LogP contribution in [-0.4, -0.2) is 94.8 Å². The zero-order valence-electron chi connectivity index (χ0n) is 26.1. The molecule has 3 aromatic carbocycles. The Hall–Kier alpha value is -4.45. The van der Waals surface area contributed by atoms with Crippen LogP contribution in [0.1, 0.15) is 21.5 Å². The molecule has 2 heterocycles. The van der Waals surface area contributed by atoms with E-state index in [4.69, 9.17) is 4.74 Å². The van der Waals surface area contributed by atoms with Gasteiger partial charge in [0.05, 0.1) is 5.56 Å². The standard InChI is InChI=1S/C33H35AsF3N7O3/c1-42-11-13-44(14-12-42)20-23-10-9-22(15-28(23)33(35,36)37)31(45)40-25-16-26(18-27(17-25)47-3)41-32(46)43(2)30-19-29(38-21-39-30)34-24-7-5-4-6-8-24/h4-10,15-19,21,34H,11-14,20H2,1-3H3,(H,40,45)(H,41,46). The number of ether oxygens (including phenoxy) is 1. The third-order valence-corrected chi connectivity index (χ3v) is 10.1. The number of methoxy groups -OCH3 is 1. The number of carbonyl (C=O) groups is 2. The van der Waals surface area contributed by atoms with E-state index < -0.39 is 39.4 Å². The van der Waals surface area contributed by atoms with Gasteiger partial charge in [0.1, 0.15) is 0 Å². The molecule has 0 aliphatic carbocycles. The molecule has 0 bridgehead atoms. The summed E-state index contributed by atoms with van der Waals surface area (Å²) in [5, 5.41) is 5.40. The molecule has 2 N–H and O–H groups in total. The molecule has 1 aliphatic rings. The second-order valence-corrected chi connectivity index (χ2v) is 13.9. The molecule has 0 saturated carbocycles. The fraction of sp³-hybridized carbons (Fsp3) is 0.273. The molecule has 1 aliphatic heterocycles. The Balaban J connectivity index is 1.29. The summed E-state index contributed by atoms with van der Waals surface area (Å²) in [5.41, 5.74) is -0.357. The SMILES string of the molecule is COc1cc(NC(=O)c2ccc(CN3CCN(C)CC3)c(C(F)(F)F)c2)cc(NC(=O)N(C)c2cc([AsH]c3ccccc3)ncn2)c1. The first-order valence-electron chi connectivity index (χ1n) is 14.8. The molecule has 4 aromatic rings. The predicted molar refractivity (Wildman–Crippen MR) is 177 cm³/mol. The molecule has 246 valence electrons. The summed E-state index contributed by atoms with van der Waals surface area (Å²) >= 11 is -0.726. The molecule has 1 atom stereocenters. The van der Waals surface area contributed by atoms with E-state index in [2.05, 4.69) is 25.5 Å². The first kappa shape index (κ1) is 33.9. The van der Waals surface area contributed by atoms with Crippen LogP contribution in [0.4, 0.5) is 35.2 Å². The van der Waals surface area contributed by atoms with Gasteiger partial charge < -0.3 is 4.90 Å². The second-order valence-electron chi connectivity index (χ2n) is 11.1. The number of alkyl halides is 3. The minimum absolute atomic E-state index is 0.118. The van der Waals surface area contributed by atoms with Crippen LogP contribution in [0.15, 0.2) is 79.1 Å². The summed E-state index contributed by atoms with van der Waals surface area (Å²) in [6, 6.07) is 19.4. The molecule has 14 heteroatoms. The summed E-state index contributed by atoms with van der Waals surface area (Å²) in [4.78, 5) is 40.4. The fourth-order valence-electron chi connectivity index (χ4n) is 5.01. The Bertz CT molecular complexity index is 1720. The number of amides is 3. The Morgan fingerprint density at radius 3 is 2.32 bits per heavy atom. The number of carbonyl (C=O) groups excluding carboxylic acids is 2. The number of benzene rings is 3. The molecular formula is C33H35AsF3N7O3. The van der Waals surface area contributed by atoms with Crippen LogP contribution in [0.3, 0.4) is 0 Å². The van der Waals surface area contributed by atoms with Gasteiger partial charge >= 0.3 is 186 Å². The van der Waals surface area contributed by atoms with E-state index in [9.17, 15) is 22.8 Å². The zero-order valence-corrected chi connectivity index (χ0v) is 28.2. The normalized spacial score (nSPS) is 14.3. The van der Waals surface area contributed by atoms with Gasteiger partial charge in [-0.2, -0.15) is 13.2 Å². The Labute approximate surface area is 277 Å². The van der Waals surface area contributed by atoms with Crippen LogP contribution in [0, 0.1) is 0 Å². The van der Waals surface area contributed by atoms with Crippen LogP contribution in [0.2, 0.25) is 0 Å². The van der Waals surface area contributed by atoms with Gasteiger partial charge in [-0.25, -0.2) is 0 Å². The van der Waals surface area contributed by atoms with E-state index in [1.165, 1.54) is 47.0 Å². The van der Waals surface area contributed by atoms with Gasteiger partial charge in [-0.05, 0) is 24.7 Å². The Morgan fingerprint density at radius 2 is 1.64 bits per heavy atom. The van der Waals surface area contributed by atoms with Gasteiger partial charge in [0.2, 0.25) is 0 Å². The number of nitrogens with zero attached hydrogens (tertiary/aromatic N) is 5. The summed E-state index contributed by atoms with van der Waals surface area (Å²) in [6.07, 6.45) is -3.21. The van der Waals surface area contributed by atoms with Crippen molar-refractivity contribution in [1.82, 2.24) is 19.8 Å². The fourth-order valence-corrected chi connectivity index (χ4v) is 7.06. The first-order chi connectivity index (χ1) is 22.5. The number of aromatic nitrogens is 2. The third kappa shape index (κ3) is 9.09. The number of urea groups is 1. The van der Waals surface area contributed by atoms with Crippen molar-refractivity contribution in [3.05, 3.63) is 95.8 Å². The summed E-state index contributed by atoms with van der Waals surface area (Å²) in [6.45, 7) is 3.02. The summed E-state index contributed by atoms with van der Waals surface area (Å²) < 4.78 is 49.7. The molecule has 1 fully saturated rings. The summed E-state index contributed by atoms with van der Waals surface area (Å²) in [7, 11) is 4.97. The minimum atomic E-state index is -4.63. The molecule has 3 amide bonds. The molecule has 1 saturated heterocycles. The number of nitrogens with one attached hydrogen (secondary N) is 2. The molecule has 1 aromatic heterocycles. The third-order valence-electron chi connectivity index (χ3n) is 7.67. The number of hydrogen-bond acceptors (Lipinski definition) is 7. The number of likely N-dealkylation sites (N-methyl/N-ethyl adjacent to an activating group) is 1. The molecule has 5 rings (SSSR count). The van der Waals surface area contributed by atoms with E-state index in [1.54, 1.807) is 19.2 Å². The zero-order chi connectivity index (χ0) is 33.6. The first-order valence-corrected chi connectivity index (χ1v) is 16.9. The average Bonchev–Trinajstić information content (AvgIpc) is 3.05. The van der Waals surface area contributed by atoms with Crippen molar-refractivity contribution >= 4 is 53.7 Å². The maximum atomic E-state index is 14.1. The van der Waals surface area contributed by atoms with E-state index in [0.717, 1.165) is 23.6 Å². The van der Waals surface area contributed by atoms with Gasteiger partial charge in [0.15, 0.2) is 0 Å². The van der Waals surface area contributed by atoms with E-state index in [1.807, 2.05) is 42.3 Å². The van der Waals surface area contributed by atoms with Gasteiger partial charge in [0, 0.05) is 32.7 Å². The molecule has 0 radical (unpaired) electrons. The summed E-state index contributed by atoms with van der Waals surface area (Å²) in [5.74, 6) is -0.0167. The Kier molecular flexibility index (Phi) is 10.8. The molecule has 1 unspecified atom stereocenters.